The maximum Gasteiger partial charge on any atom is 0.397 e. The van der Waals surface area contributed by atoms with Gasteiger partial charge in [0.25, 0.3) is 0 Å². The second kappa shape index (κ2) is 4.90. The van der Waals surface area contributed by atoms with Crippen molar-refractivity contribution >= 4 is 0 Å². The number of hydrogen-bond acceptors (Lipinski definition) is 2. The molecular formula is C13H16F3NO. The number of rotatable bonds is 3. The van der Waals surface area contributed by atoms with Crippen molar-refractivity contribution < 1.29 is 18.3 Å². The van der Waals surface area contributed by atoms with Crippen LogP contribution in [-0.2, 0) is 6.54 Å². The van der Waals surface area contributed by atoms with E-state index in [9.17, 15) is 13.2 Å². The summed E-state index contributed by atoms with van der Waals surface area (Å²) >= 11 is 0. The first kappa shape index (κ1) is 13.4. The SMILES string of the molecule is OC[C@@]1(C(F)(F)F)CCN(Cc2ccccc2)C1. The van der Waals surface area contributed by atoms with E-state index >= 15 is 0 Å². The Labute approximate surface area is 104 Å². The van der Waals surface area contributed by atoms with Crippen LogP contribution in [0.25, 0.3) is 0 Å². The van der Waals surface area contributed by atoms with E-state index in [0.29, 0.717) is 13.1 Å². The van der Waals surface area contributed by atoms with Gasteiger partial charge >= 0.3 is 6.18 Å². The fraction of sp³-hybridized carbons (Fsp3) is 0.538. The van der Waals surface area contributed by atoms with E-state index < -0.39 is 18.2 Å². The Hall–Kier alpha value is -1.07. The molecule has 0 radical (unpaired) electrons. The van der Waals surface area contributed by atoms with E-state index in [1.807, 2.05) is 30.3 Å². The second-order valence-corrected chi connectivity index (χ2v) is 4.88. The lowest BCUT2D eigenvalue weighted by Crippen LogP contribution is -2.43. The highest BCUT2D eigenvalue weighted by molar-refractivity contribution is 5.15. The Morgan fingerprint density at radius 2 is 1.89 bits per heavy atom. The molecule has 2 nitrogen and oxygen atoms in total. The lowest BCUT2D eigenvalue weighted by molar-refractivity contribution is -0.230. The van der Waals surface area contributed by atoms with Gasteiger partial charge in [-0.2, -0.15) is 13.2 Å². The van der Waals surface area contributed by atoms with E-state index in [-0.39, 0.29) is 13.0 Å². The lowest BCUT2D eigenvalue weighted by atomic mass is 9.87. The van der Waals surface area contributed by atoms with E-state index in [1.54, 1.807) is 4.90 Å². The normalized spacial score (nSPS) is 25.6. The van der Waals surface area contributed by atoms with Gasteiger partial charge in [-0.05, 0) is 18.5 Å². The fourth-order valence-corrected chi connectivity index (χ4v) is 2.38. The third-order valence-corrected chi connectivity index (χ3v) is 3.59. The Morgan fingerprint density at radius 1 is 1.22 bits per heavy atom. The molecule has 0 bridgehead atoms. The topological polar surface area (TPSA) is 23.5 Å². The molecule has 1 aromatic rings. The number of nitrogens with zero attached hydrogens (tertiary/aromatic N) is 1. The Kier molecular flexibility index (Phi) is 3.64. The highest BCUT2D eigenvalue weighted by Gasteiger charge is 2.57. The molecule has 0 unspecified atom stereocenters. The Balaban J connectivity index is 2.04. The maximum absolute atomic E-state index is 12.9. The van der Waals surface area contributed by atoms with E-state index in [0.717, 1.165) is 5.56 Å². The molecule has 0 aromatic heterocycles. The molecule has 1 saturated heterocycles. The lowest BCUT2D eigenvalue weighted by Gasteiger charge is -2.29. The van der Waals surface area contributed by atoms with Gasteiger partial charge in [0, 0.05) is 13.1 Å². The van der Waals surface area contributed by atoms with Crippen molar-refractivity contribution in [2.45, 2.75) is 19.1 Å². The van der Waals surface area contributed by atoms with Crippen LogP contribution in [0.2, 0.25) is 0 Å². The summed E-state index contributed by atoms with van der Waals surface area (Å²) in [6, 6.07) is 9.41. The molecule has 0 aliphatic carbocycles. The van der Waals surface area contributed by atoms with Gasteiger partial charge in [0.05, 0.1) is 6.61 Å². The summed E-state index contributed by atoms with van der Waals surface area (Å²) in [5.74, 6) is 0. The molecule has 1 atom stereocenters. The molecule has 1 aliphatic rings. The monoisotopic (exact) mass is 259 g/mol. The summed E-state index contributed by atoms with van der Waals surface area (Å²) in [7, 11) is 0. The summed E-state index contributed by atoms with van der Waals surface area (Å²) in [4.78, 5) is 1.75. The quantitative estimate of drug-likeness (QED) is 0.901. The Morgan fingerprint density at radius 3 is 2.39 bits per heavy atom. The first-order chi connectivity index (χ1) is 8.47. The highest BCUT2D eigenvalue weighted by atomic mass is 19.4. The van der Waals surface area contributed by atoms with Crippen molar-refractivity contribution in [1.82, 2.24) is 4.90 Å². The van der Waals surface area contributed by atoms with Crippen molar-refractivity contribution in [1.29, 1.82) is 0 Å². The number of benzene rings is 1. The summed E-state index contributed by atoms with van der Waals surface area (Å²) in [5.41, 5.74) is -0.949. The van der Waals surface area contributed by atoms with Gasteiger partial charge in [-0.25, -0.2) is 0 Å². The molecule has 0 saturated carbocycles. The number of halogens is 3. The predicted octanol–water partition coefficient (Wildman–Crippen LogP) is 2.43. The molecule has 1 aromatic carbocycles. The minimum Gasteiger partial charge on any atom is -0.395 e. The summed E-state index contributed by atoms with van der Waals surface area (Å²) in [5, 5.41) is 9.09. The van der Waals surface area contributed by atoms with Gasteiger partial charge in [0.15, 0.2) is 0 Å². The number of alkyl halides is 3. The van der Waals surface area contributed by atoms with Gasteiger partial charge in [-0.1, -0.05) is 30.3 Å². The third-order valence-electron chi connectivity index (χ3n) is 3.59. The van der Waals surface area contributed by atoms with Crippen LogP contribution in [-0.4, -0.2) is 35.9 Å². The number of aliphatic hydroxyl groups excluding tert-OH is 1. The van der Waals surface area contributed by atoms with Gasteiger partial charge in [-0.3, -0.25) is 4.90 Å². The molecule has 18 heavy (non-hydrogen) atoms. The molecule has 0 spiro atoms. The summed E-state index contributed by atoms with van der Waals surface area (Å²) in [6.07, 6.45) is -4.37. The standard InChI is InChI=1S/C13H16F3NO/c14-13(15,16)12(10-18)6-7-17(9-12)8-11-4-2-1-3-5-11/h1-5,18H,6-10H2/t12-/m1/s1. The molecule has 100 valence electrons. The first-order valence-corrected chi connectivity index (χ1v) is 5.91. The average molecular weight is 259 g/mol. The van der Waals surface area contributed by atoms with Crippen LogP contribution >= 0.6 is 0 Å². The van der Waals surface area contributed by atoms with E-state index in [4.69, 9.17) is 5.11 Å². The van der Waals surface area contributed by atoms with Crippen LogP contribution in [0.3, 0.4) is 0 Å². The van der Waals surface area contributed by atoms with Crippen molar-refractivity contribution in [3.05, 3.63) is 35.9 Å². The Bertz CT molecular complexity index is 393. The fourth-order valence-electron chi connectivity index (χ4n) is 2.38. The van der Waals surface area contributed by atoms with Gasteiger partial charge in [0.1, 0.15) is 5.41 Å². The maximum atomic E-state index is 12.9. The second-order valence-electron chi connectivity index (χ2n) is 4.88. The zero-order valence-corrected chi connectivity index (χ0v) is 9.95. The number of aliphatic hydroxyl groups is 1. The van der Waals surface area contributed by atoms with Crippen LogP contribution in [0.4, 0.5) is 13.2 Å². The summed E-state index contributed by atoms with van der Waals surface area (Å²) in [6.45, 7) is -0.0860. The third kappa shape index (κ3) is 2.52. The largest absolute Gasteiger partial charge is 0.397 e. The predicted molar refractivity (Wildman–Crippen MR) is 61.9 cm³/mol. The van der Waals surface area contributed by atoms with Crippen molar-refractivity contribution in [2.75, 3.05) is 19.7 Å². The molecule has 1 heterocycles. The molecule has 5 heteroatoms. The van der Waals surface area contributed by atoms with Crippen LogP contribution in [0.5, 0.6) is 0 Å². The van der Waals surface area contributed by atoms with Crippen molar-refractivity contribution in [2.24, 2.45) is 5.41 Å². The van der Waals surface area contributed by atoms with Crippen LogP contribution in [0.1, 0.15) is 12.0 Å². The minimum absolute atomic E-state index is 0.0279. The van der Waals surface area contributed by atoms with Crippen LogP contribution < -0.4 is 0 Å². The average Bonchev–Trinajstić information content (AvgIpc) is 2.74. The molecule has 2 rings (SSSR count). The van der Waals surface area contributed by atoms with E-state index in [2.05, 4.69) is 0 Å². The molecular weight excluding hydrogens is 243 g/mol. The van der Waals surface area contributed by atoms with Gasteiger partial charge < -0.3 is 5.11 Å². The zero-order valence-electron chi connectivity index (χ0n) is 9.95. The molecule has 1 N–H and O–H groups in total. The molecule has 1 fully saturated rings. The van der Waals surface area contributed by atoms with E-state index in [1.165, 1.54) is 0 Å². The van der Waals surface area contributed by atoms with Crippen molar-refractivity contribution in [3.63, 3.8) is 0 Å². The van der Waals surface area contributed by atoms with Crippen LogP contribution in [0.15, 0.2) is 30.3 Å². The molecule has 0 amide bonds. The highest BCUT2D eigenvalue weighted by Crippen LogP contribution is 2.45. The van der Waals surface area contributed by atoms with Gasteiger partial charge in [-0.15, -0.1) is 0 Å². The molecule has 1 aliphatic heterocycles. The number of hydrogen-bond donors (Lipinski definition) is 1. The minimum atomic E-state index is -4.34. The van der Waals surface area contributed by atoms with Crippen molar-refractivity contribution in [3.8, 4) is 0 Å². The van der Waals surface area contributed by atoms with Gasteiger partial charge in [0.2, 0.25) is 0 Å². The smallest absolute Gasteiger partial charge is 0.395 e. The number of likely N-dealkylation sites (tertiary alicyclic amines) is 1. The zero-order chi connectivity index (χ0) is 13.2. The summed E-state index contributed by atoms with van der Waals surface area (Å²) < 4.78 is 38.8. The first-order valence-electron chi connectivity index (χ1n) is 5.91. The van der Waals surface area contributed by atoms with Crippen LogP contribution in [0, 0.1) is 5.41 Å².